The predicted molar refractivity (Wildman–Crippen MR) is 131 cm³/mol. The lowest BCUT2D eigenvalue weighted by atomic mass is 9.72. The number of benzene rings is 2. The Morgan fingerprint density at radius 1 is 0.886 bits per heavy atom. The Kier molecular flexibility index (Phi) is 7.36. The molecule has 2 fully saturated rings. The Bertz CT molecular complexity index is 1020. The van der Waals surface area contributed by atoms with Gasteiger partial charge in [-0.15, -0.1) is 0 Å². The van der Waals surface area contributed by atoms with Gasteiger partial charge in [-0.1, -0.05) is 36.4 Å². The summed E-state index contributed by atoms with van der Waals surface area (Å²) in [6.45, 7) is 5.92. The Morgan fingerprint density at radius 3 is 2.11 bits per heavy atom. The quantitative estimate of drug-likeness (QED) is 0.409. The molecule has 2 heterocycles. The van der Waals surface area contributed by atoms with Crippen molar-refractivity contribution in [2.75, 3.05) is 27.3 Å². The van der Waals surface area contributed by atoms with Crippen molar-refractivity contribution in [2.45, 2.75) is 51.9 Å². The Morgan fingerprint density at radius 2 is 1.51 bits per heavy atom. The van der Waals surface area contributed by atoms with Gasteiger partial charge in [-0.2, -0.15) is 0 Å². The van der Waals surface area contributed by atoms with Crippen LogP contribution in [0.4, 0.5) is 0 Å². The maximum Gasteiger partial charge on any atom is 0.327 e. The number of hydrogen-bond donors (Lipinski definition) is 0. The average Bonchev–Trinajstić information content (AvgIpc) is 2.83. The summed E-state index contributed by atoms with van der Waals surface area (Å²) in [4.78, 5) is 29.3. The van der Waals surface area contributed by atoms with Gasteiger partial charge in [0.2, 0.25) is 0 Å². The highest BCUT2D eigenvalue weighted by Gasteiger charge is 2.57. The van der Waals surface area contributed by atoms with E-state index in [1.165, 1.54) is 5.56 Å². The SMILES string of the molecule is COc1ccc(CC2(CC3CCN(Cc4ccccc4)CC3)C(=O)OC(C)(C)OC2=O)cc1OC. The van der Waals surface area contributed by atoms with Crippen molar-refractivity contribution in [1.82, 2.24) is 4.90 Å². The minimum Gasteiger partial charge on any atom is -0.493 e. The number of nitrogens with zero attached hydrogens (tertiary/aromatic N) is 1. The van der Waals surface area contributed by atoms with E-state index in [1.807, 2.05) is 18.2 Å². The molecule has 2 aliphatic rings. The molecule has 0 N–H and O–H groups in total. The van der Waals surface area contributed by atoms with Gasteiger partial charge in [0.15, 0.2) is 16.9 Å². The molecular weight excluding hydrogens is 446 g/mol. The molecule has 0 unspecified atom stereocenters. The van der Waals surface area contributed by atoms with Crippen LogP contribution in [-0.4, -0.2) is 49.9 Å². The highest BCUT2D eigenvalue weighted by Crippen LogP contribution is 2.43. The number of carbonyl (C=O) groups excluding carboxylic acids is 2. The minimum atomic E-state index is -1.39. The van der Waals surface area contributed by atoms with Crippen molar-refractivity contribution in [2.24, 2.45) is 11.3 Å². The molecule has 2 aliphatic heterocycles. The van der Waals surface area contributed by atoms with Crippen LogP contribution in [0, 0.1) is 11.3 Å². The second kappa shape index (κ2) is 10.3. The average molecular weight is 482 g/mol. The number of cyclic esters (lactones) is 2. The Balaban J connectivity index is 1.52. The van der Waals surface area contributed by atoms with Crippen LogP contribution in [-0.2, 0) is 32.0 Å². The van der Waals surface area contributed by atoms with E-state index in [2.05, 4.69) is 29.2 Å². The molecule has 2 aromatic carbocycles. The van der Waals surface area contributed by atoms with E-state index in [4.69, 9.17) is 18.9 Å². The fourth-order valence-corrected chi connectivity index (χ4v) is 5.15. The van der Waals surface area contributed by atoms with E-state index in [-0.39, 0.29) is 12.3 Å². The lowest BCUT2D eigenvalue weighted by Crippen LogP contribution is -2.56. The van der Waals surface area contributed by atoms with Crippen LogP contribution < -0.4 is 9.47 Å². The second-order valence-electron chi connectivity index (χ2n) is 10.0. The molecule has 0 aromatic heterocycles. The van der Waals surface area contributed by atoms with Crippen molar-refractivity contribution in [3.8, 4) is 11.5 Å². The minimum absolute atomic E-state index is 0.186. The van der Waals surface area contributed by atoms with Gasteiger partial charge in [0, 0.05) is 20.4 Å². The molecule has 0 spiro atoms. The second-order valence-corrected chi connectivity index (χ2v) is 10.0. The maximum absolute atomic E-state index is 13.4. The summed E-state index contributed by atoms with van der Waals surface area (Å²) in [7, 11) is 3.13. The van der Waals surface area contributed by atoms with Crippen LogP contribution >= 0.6 is 0 Å². The fourth-order valence-electron chi connectivity index (χ4n) is 5.15. The van der Waals surface area contributed by atoms with Crippen LogP contribution in [0.3, 0.4) is 0 Å². The number of esters is 2. The first-order chi connectivity index (χ1) is 16.7. The molecule has 7 nitrogen and oxygen atoms in total. The topological polar surface area (TPSA) is 74.3 Å². The van der Waals surface area contributed by atoms with Gasteiger partial charge < -0.3 is 18.9 Å². The zero-order valence-corrected chi connectivity index (χ0v) is 21.0. The van der Waals surface area contributed by atoms with E-state index in [0.29, 0.717) is 17.9 Å². The number of carbonyl (C=O) groups is 2. The van der Waals surface area contributed by atoms with Gasteiger partial charge in [0.1, 0.15) is 0 Å². The molecule has 0 radical (unpaired) electrons. The van der Waals surface area contributed by atoms with E-state index in [1.54, 1.807) is 34.1 Å². The Hall–Kier alpha value is -3.06. The summed E-state index contributed by atoms with van der Waals surface area (Å²) in [5.74, 6) is -0.948. The van der Waals surface area contributed by atoms with Crippen molar-refractivity contribution >= 4 is 11.9 Å². The zero-order valence-electron chi connectivity index (χ0n) is 21.0. The van der Waals surface area contributed by atoms with Gasteiger partial charge >= 0.3 is 11.9 Å². The zero-order chi connectivity index (χ0) is 25.1. The van der Waals surface area contributed by atoms with Crippen LogP contribution in [0.1, 0.15) is 44.2 Å². The maximum atomic E-state index is 13.4. The Labute approximate surface area is 207 Å². The molecular formula is C28H35NO6. The van der Waals surface area contributed by atoms with Crippen LogP contribution in [0.5, 0.6) is 11.5 Å². The molecule has 0 bridgehead atoms. The van der Waals surface area contributed by atoms with E-state index >= 15 is 0 Å². The summed E-state index contributed by atoms with van der Waals surface area (Å²) < 4.78 is 22.0. The number of piperidine rings is 1. The molecule has 0 amide bonds. The fraction of sp³-hybridized carbons (Fsp3) is 0.500. The third kappa shape index (κ3) is 5.61. The first kappa shape index (κ1) is 25.0. The normalized spacial score (nSPS) is 20.1. The number of likely N-dealkylation sites (tertiary alicyclic amines) is 1. The molecule has 0 saturated carbocycles. The monoisotopic (exact) mass is 481 g/mol. The van der Waals surface area contributed by atoms with E-state index in [0.717, 1.165) is 38.0 Å². The largest absolute Gasteiger partial charge is 0.493 e. The molecule has 188 valence electrons. The van der Waals surface area contributed by atoms with Gasteiger partial charge in [0.05, 0.1) is 14.2 Å². The number of hydrogen-bond acceptors (Lipinski definition) is 7. The highest BCUT2D eigenvalue weighted by molar-refractivity contribution is 6.02. The van der Waals surface area contributed by atoms with Crippen molar-refractivity contribution < 1.29 is 28.5 Å². The van der Waals surface area contributed by atoms with Gasteiger partial charge in [0.25, 0.3) is 5.79 Å². The summed E-state index contributed by atoms with van der Waals surface area (Å²) in [5, 5.41) is 0. The lowest BCUT2D eigenvalue weighted by Gasteiger charge is -2.43. The third-order valence-corrected chi connectivity index (χ3v) is 7.01. The van der Waals surface area contributed by atoms with Gasteiger partial charge in [-0.3, -0.25) is 14.5 Å². The van der Waals surface area contributed by atoms with Crippen molar-refractivity contribution in [3.63, 3.8) is 0 Å². The summed E-state index contributed by atoms with van der Waals surface area (Å²) >= 11 is 0. The predicted octanol–water partition coefficient (Wildman–Crippen LogP) is 4.37. The number of methoxy groups -OCH3 is 2. The summed E-state index contributed by atoms with van der Waals surface area (Å²) in [6, 6.07) is 15.9. The first-order valence-electron chi connectivity index (χ1n) is 12.2. The van der Waals surface area contributed by atoms with Gasteiger partial charge in [-0.05, 0) is 68.0 Å². The first-order valence-corrected chi connectivity index (χ1v) is 12.2. The van der Waals surface area contributed by atoms with Crippen molar-refractivity contribution in [1.29, 1.82) is 0 Å². The standard InChI is InChI=1S/C28H35NO6/c1-27(2)34-25(30)28(26(31)35-27,18-22-10-11-23(32-3)24(16-22)33-4)17-20-12-14-29(15-13-20)19-21-8-6-5-7-9-21/h5-11,16,20H,12-15,17-19H2,1-4H3. The summed E-state index contributed by atoms with van der Waals surface area (Å²) in [5.41, 5.74) is 0.691. The van der Waals surface area contributed by atoms with Crippen molar-refractivity contribution in [3.05, 3.63) is 59.7 Å². The molecule has 4 rings (SSSR count). The van der Waals surface area contributed by atoms with E-state index in [9.17, 15) is 9.59 Å². The third-order valence-electron chi connectivity index (χ3n) is 7.01. The smallest absolute Gasteiger partial charge is 0.327 e. The number of rotatable bonds is 8. The van der Waals surface area contributed by atoms with E-state index < -0.39 is 23.1 Å². The number of ether oxygens (including phenoxy) is 4. The summed E-state index contributed by atoms with van der Waals surface area (Å²) in [6.07, 6.45) is 2.40. The van der Waals surface area contributed by atoms with Crippen LogP contribution in [0.15, 0.2) is 48.5 Å². The molecule has 0 aliphatic carbocycles. The molecule has 2 aromatic rings. The van der Waals surface area contributed by atoms with Gasteiger partial charge in [-0.25, -0.2) is 0 Å². The van der Waals surface area contributed by atoms with Crippen LogP contribution in [0.2, 0.25) is 0 Å². The molecule has 35 heavy (non-hydrogen) atoms. The molecule has 7 heteroatoms. The molecule has 2 saturated heterocycles. The molecule has 0 atom stereocenters. The van der Waals surface area contributed by atoms with Crippen LogP contribution in [0.25, 0.3) is 0 Å². The highest BCUT2D eigenvalue weighted by atomic mass is 16.7. The lowest BCUT2D eigenvalue weighted by molar-refractivity contribution is -0.252.